The van der Waals surface area contributed by atoms with Crippen LogP contribution in [0.5, 0.6) is 5.75 Å². The molecule has 0 spiro atoms. The van der Waals surface area contributed by atoms with Crippen LogP contribution in [-0.2, 0) is 27.3 Å². The number of amides is 1. The Kier molecular flexibility index (Phi) is 8.07. The Bertz CT molecular complexity index is 906. The Balaban J connectivity index is 1.79. The monoisotopic (exact) mass is 441 g/mol. The second kappa shape index (κ2) is 10.3. The number of carbonyl (C=O) groups excluding carboxylic acids is 2. The fraction of sp³-hybridized carbons (Fsp3) is 0.476. The van der Waals surface area contributed by atoms with Gasteiger partial charge in [-0.15, -0.1) is 13.2 Å². The quantitative estimate of drug-likeness (QED) is 0.591. The molecule has 0 bridgehead atoms. The summed E-state index contributed by atoms with van der Waals surface area (Å²) in [4.78, 5) is 23.9. The molecule has 31 heavy (non-hydrogen) atoms. The Morgan fingerprint density at radius 3 is 2.39 bits per heavy atom. The summed E-state index contributed by atoms with van der Waals surface area (Å²) in [6, 6.07) is 4.64. The Morgan fingerprint density at radius 2 is 1.81 bits per heavy atom. The van der Waals surface area contributed by atoms with Crippen molar-refractivity contribution < 1.29 is 32.2 Å². The minimum absolute atomic E-state index is 0.103. The summed E-state index contributed by atoms with van der Waals surface area (Å²) in [6.45, 7) is 8.35. The van der Waals surface area contributed by atoms with E-state index < -0.39 is 30.6 Å². The predicted molar refractivity (Wildman–Crippen MR) is 108 cm³/mol. The van der Waals surface area contributed by atoms with E-state index in [9.17, 15) is 22.8 Å². The number of hydrogen-bond acceptors (Lipinski definition) is 5. The number of anilines is 1. The van der Waals surface area contributed by atoms with E-state index in [1.807, 2.05) is 18.5 Å². The molecule has 2 rings (SSSR count). The first-order valence-electron chi connectivity index (χ1n) is 9.78. The number of nitrogens with one attached hydrogen (secondary N) is 1. The highest BCUT2D eigenvalue weighted by atomic mass is 19.4. The van der Waals surface area contributed by atoms with Gasteiger partial charge in [0.2, 0.25) is 0 Å². The molecule has 0 fully saturated rings. The molecule has 0 radical (unpaired) electrons. The molecule has 1 heterocycles. The lowest BCUT2D eigenvalue weighted by atomic mass is 10.1. The molecule has 1 amide bonds. The highest BCUT2D eigenvalue weighted by Gasteiger charge is 2.31. The average Bonchev–Trinajstić information content (AvgIpc) is 2.91. The number of aromatic nitrogens is 2. The van der Waals surface area contributed by atoms with E-state index in [1.165, 1.54) is 12.1 Å². The molecule has 1 aromatic carbocycles. The predicted octanol–water partition coefficient (Wildman–Crippen LogP) is 4.17. The molecule has 1 aromatic heterocycles. The van der Waals surface area contributed by atoms with Gasteiger partial charge >= 0.3 is 12.3 Å². The van der Waals surface area contributed by atoms with E-state index in [1.54, 1.807) is 0 Å². The number of rotatable bonds is 9. The van der Waals surface area contributed by atoms with Crippen LogP contribution < -0.4 is 10.1 Å². The standard InChI is InChI=1S/C21H26F3N3O4/c1-13(2)11-27-15(4)18(14(3)26-27)9-10-20(29)30-12-19(28)25-16-5-7-17(8-6-16)31-21(22,23)24/h5-8,13H,9-12H2,1-4H3,(H,25,28). The van der Waals surface area contributed by atoms with Crippen LogP contribution in [0.15, 0.2) is 24.3 Å². The van der Waals surface area contributed by atoms with Crippen LogP contribution in [-0.4, -0.2) is 34.6 Å². The van der Waals surface area contributed by atoms with E-state index in [0.29, 0.717) is 12.3 Å². The van der Waals surface area contributed by atoms with Crippen molar-refractivity contribution in [1.82, 2.24) is 9.78 Å². The maximum absolute atomic E-state index is 12.1. The van der Waals surface area contributed by atoms with E-state index >= 15 is 0 Å². The van der Waals surface area contributed by atoms with E-state index in [4.69, 9.17) is 4.74 Å². The SMILES string of the molecule is Cc1nn(CC(C)C)c(C)c1CCC(=O)OCC(=O)Nc1ccc(OC(F)(F)F)cc1. The van der Waals surface area contributed by atoms with Crippen molar-refractivity contribution in [3.05, 3.63) is 41.2 Å². The van der Waals surface area contributed by atoms with Crippen molar-refractivity contribution in [3.63, 3.8) is 0 Å². The Morgan fingerprint density at radius 1 is 1.16 bits per heavy atom. The van der Waals surface area contributed by atoms with Gasteiger partial charge in [0.25, 0.3) is 5.91 Å². The molecule has 0 aliphatic rings. The number of nitrogens with zero attached hydrogens (tertiary/aromatic N) is 2. The van der Waals surface area contributed by atoms with Gasteiger partial charge in [0.05, 0.1) is 5.69 Å². The Labute approximate surface area is 178 Å². The van der Waals surface area contributed by atoms with Crippen LogP contribution in [0.2, 0.25) is 0 Å². The number of benzene rings is 1. The van der Waals surface area contributed by atoms with Gasteiger partial charge in [0.15, 0.2) is 6.61 Å². The van der Waals surface area contributed by atoms with Crippen LogP contribution in [0.3, 0.4) is 0 Å². The largest absolute Gasteiger partial charge is 0.573 e. The van der Waals surface area contributed by atoms with Crippen LogP contribution in [0.1, 0.15) is 37.2 Å². The lowest BCUT2D eigenvalue weighted by Crippen LogP contribution is -2.21. The molecule has 2 aromatic rings. The molecule has 0 unspecified atom stereocenters. The van der Waals surface area contributed by atoms with E-state index in [2.05, 4.69) is 29.0 Å². The first kappa shape index (κ1) is 24.2. The molecular formula is C21H26F3N3O4. The second-order valence-electron chi connectivity index (χ2n) is 7.51. The second-order valence-corrected chi connectivity index (χ2v) is 7.51. The normalized spacial score (nSPS) is 11.5. The van der Waals surface area contributed by atoms with Gasteiger partial charge in [-0.05, 0) is 56.0 Å². The number of hydrogen-bond donors (Lipinski definition) is 1. The van der Waals surface area contributed by atoms with Gasteiger partial charge < -0.3 is 14.8 Å². The van der Waals surface area contributed by atoms with Crippen molar-refractivity contribution in [2.24, 2.45) is 5.92 Å². The lowest BCUT2D eigenvalue weighted by Gasteiger charge is -2.10. The molecule has 10 heteroatoms. The first-order valence-corrected chi connectivity index (χ1v) is 9.78. The number of halogens is 3. The summed E-state index contributed by atoms with van der Waals surface area (Å²) in [5, 5.41) is 6.94. The topological polar surface area (TPSA) is 82.5 Å². The maximum atomic E-state index is 12.1. The zero-order valence-corrected chi connectivity index (χ0v) is 17.9. The van der Waals surface area contributed by atoms with Crippen molar-refractivity contribution in [2.75, 3.05) is 11.9 Å². The molecule has 0 saturated heterocycles. The average molecular weight is 441 g/mol. The highest BCUT2D eigenvalue weighted by Crippen LogP contribution is 2.24. The third-order valence-corrected chi connectivity index (χ3v) is 4.38. The molecule has 7 nitrogen and oxygen atoms in total. The van der Waals surface area contributed by atoms with Crippen LogP contribution in [0.25, 0.3) is 0 Å². The third kappa shape index (κ3) is 7.95. The van der Waals surface area contributed by atoms with Crippen molar-refractivity contribution >= 4 is 17.6 Å². The van der Waals surface area contributed by atoms with Crippen LogP contribution >= 0.6 is 0 Å². The minimum Gasteiger partial charge on any atom is -0.456 e. The zero-order valence-electron chi connectivity index (χ0n) is 17.9. The molecule has 0 aliphatic heterocycles. The van der Waals surface area contributed by atoms with Crippen LogP contribution in [0.4, 0.5) is 18.9 Å². The molecule has 0 saturated carbocycles. The van der Waals surface area contributed by atoms with Gasteiger partial charge in [-0.1, -0.05) is 13.8 Å². The van der Waals surface area contributed by atoms with Crippen molar-refractivity contribution in [1.29, 1.82) is 0 Å². The van der Waals surface area contributed by atoms with Gasteiger partial charge in [0, 0.05) is 24.3 Å². The minimum atomic E-state index is -4.79. The van der Waals surface area contributed by atoms with E-state index in [0.717, 1.165) is 35.6 Å². The van der Waals surface area contributed by atoms with Gasteiger partial charge in [-0.25, -0.2) is 0 Å². The number of carbonyl (C=O) groups is 2. The first-order chi connectivity index (χ1) is 14.4. The van der Waals surface area contributed by atoms with Gasteiger partial charge in [-0.2, -0.15) is 5.10 Å². The number of ether oxygens (including phenoxy) is 2. The van der Waals surface area contributed by atoms with E-state index in [-0.39, 0.29) is 12.1 Å². The fourth-order valence-electron chi connectivity index (χ4n) is 3.00. The van der Waals surface area contributed by atoms with Gasteiger partial charge in [0.1, 0.15) is 5.75 Å². The lowest BCUT2D eigenvalue weighted by molar-refractivity contribution is -0.274. The maximum Gasteiger partial charge on any atom is 0.573 e. The molecular weight excluding hydrogens is 415 g/mol. The third-order valence-electron chi connectivity index (χ3n) is 4.38. The smallest absolute Gasteiger partial charge is 0.456 e. The molecule has 170 valence electrons. The highest BCUT2D eigenvalue weighted by molar-refractivity contribution is 5.92. The van der Waals surface area contributed by atoms with Crippen molar-refractivity contribution in [2.45, 2.75) is 53.4 Å². The molecule has 1 N–H and O–H groups in total. The summed E-state index contributed by atoms with van der Waals surface area (Å²) >= 11 is 0. The molecule has 0 atom stereocenters. The summed E-state index contributed by atoms with van der Waals surface area (Å²) in [7, 11) is 0. The van der Waals surface area contributed by atoms with Crippen LogP contribution in [0, 0.1) is 19.8 Å². The Hall–Kier alpha value is -3.04. The van der Waals surface area contributed by atoms with Gasteiger partial charge in [-0.3, -0.25) is 14.3 Å². The summed E-state index contributed by atoms with van der Waals surface area (Å²) in [5.74, 6) is -1.09. The fourth-order valence-corrected chi connectivity index (χ4v) is 3.00. The summed E-state index contributed by atoms with van der Waals surface area (Å²) < 4.78 is 47.1. The number of alkyl halides is 3. The summed E-state index contributed by atoms with van der Waals surface area (Å²) in [5.41, 5.74) is 3.11. The number of aryl methyl sites for hydroxylation is 1. The van der Waals surface area contributed by atoms with Crippen molar-refractivity contribution in [3.8, 4) is 5.75 Å². The zero-order chi connectivity index (χ0) is 23.2. The summed E-state index contributed by atoms with van der Waals surface area (Å²) in [6.07, 6.45) is -4.23. The molecule has 0 aliphatic carbocycles. The number of esters is 1.